The molecule has 0 saturated heterocycles. The molecule has 0 atom stereocenters. The number of rotatable bonds is 6. The van der Waals surface area contributed by atoms with Crippen LogP contribution in [0.5, 0.6) is 0 Å². The molecule has 0 aliphatic heterocycles. The number of benzene rings is 1. The van der Waals surface area contributed by atoms with Gasteiger partial charge in [-0.15, -0.1) is 0 Å². The summed E-state index contributed by atoms with van der Waals surface area (Å²) >= 11 is 3.52. The first-order valence-corrected chi connectivity index (χ1v) is 6.56. The Balaban J connectivity index is 2.44. The maximum atomic E-state index is 5.50. The molecule has 2 nitrogen and oxygen atoms in total. The molecule has 0 bridgehead atoms. The molecule has 0 spiro atoms. The molecule has 0 aliphatic rings. The molecule has 16 heavy (non-hydrogen) atoms. The summed E-state index contributed by atoms with van der Waals surface area (Å²) in [5, 5.41) is 0. The second kappa shape index (κ2) is 7.05. The van der Waals surface area contributed by atoms with Gasteiger partial charge in [-0.25, -0.2) is 0 Å². The average Bonchev–Trinajstić information content (AvgIpc) is 2.27. The van der Waals surface area contributed by atoms with Crippen LogP contribution in [0.4, 0.5) is 0 Å². The highest BCUT2D eigenvalue weighted by atomic mass is 79.9. The Hall–Kier alpha value is -0.380. The van der Waals surface area contributed by atoms with Gasteiger partial charge in [0.15, 0.2) is 0 Å². The van der Waals surface area contributed by atoms with Crippen LogP contribution in [-0.2, 0) is 6.42 Å². The molecule has 0 aliphatic carbocycles. The van der Waals surface area contributed by atoms with Crippen molar-refractivity contribution in [3.63, 3.8) is 0 Å². The fourth-order valence-corrected chi connectivity index (χ4v) is 2.10. The van der Waals surface area contributed by atoms with E-state index < -0.39 is 0 Å². The number of halogens is 1. The van der Waals surface area contributed by atoms with Gasteiger partial charge < -0.3 is 10.6 Å². The summed E-state index contributed by atoms with van der Waals surface area (Å²) in [7, 11) is 2.16. The lowest BCUT2D eigenvalue weighted by Gasteiger charge is -2.16. The Morgan fingerprint density at radius 2 is 2.06 bits per heavy atom. The topological polar surface area (TPSA) is 29.3 Å². The van der Waals surface area contributed by atoms with Crippen LogP contribution < -0.4 is 5.73 Å². The molecule has 2 N–H and O–H groups in total. The predicted molar refractivity (Wildman–Crippen MR) is 73.8 cm³/mol. The fourth-order valence-electron chi connectivity index (χ4n) is 1.69. The molecule has 1 aromatic rings. The zero-order chi connectivity index (χ0) is 12.0. The van der Waals surface area contributed by atoms with E-state index in [0.717, 1.165) is 36.9 Å². The molecule has 1 aromatic carbocycles. The quantitative estimate of drug-likeness (QED) is 0.870. The molecule has 0 saturated carbocycles. The lowest BCUT2D eigenvalue weighted by Crippen LogP contribution is -2.24. The molecule has 0 aromatic heterocycles. The van der Waals surface area contributed by atoms with E-state index in [-0.39, 0.29) is 0 Å². The summed E-state index contributed by atoms with van der Waals surface area (Å²) in [5.41, 5.74) is 8.29. The van der Waals surface area contributed by atoms with Gasteiger partial charge >= 0.3 is 0 Å². The van der Waals surface area contributed by atoms with Gasteiger partial charge in [0.05, 0.1) is 0 Å². The highest BCUT2D eigenvalue weighted by Crippen LogP contribution is 2.16. The Labute approximate surface area is 107 Å². The van der Waals surface area contributed by atoms with Crippen LogP contribution in [-0.4, -0.2) is 31.6 Å². The van der Waals surface area contributed by atoms with Gasteiger partial charge in [-0.1, -0.05) is 22.0 Å². The Kier molecular flexibility index (Phi) is 6.03. The van der Waals surface area contributed by atoms with E-state index in [9.17, 15) is 0 Å². The summed E-state index contributed by atoms with van der Waals surface area (Å²) in [6.07, 6.45) is 2.18. The number of hydrogen-bond donors (Lipinski definition) is 1. The van der Waals surface area contributed by atoms with Gasteiger partial charge in [0.1, 0.15) is 0 Å². The molecular weight excluding hydrogens is 264 g/mol. The van der Waals surface area contributed by atoms with Gasteiger partial charge in [0.25, 0.3) is 0 Å². The van der Waals surface area contributed by atoms with Crippen LogP contribution in [0.25, 0.3) is 0 Å². The maximum Gasteiger partial charge on any atom is 0.0178 e. The van der Waals surface area contributed by atoms with Crippen LogP contribution in [0.2, 0.25) is 0 Å². The average molecular weight is 285 g/mol. The summed E-state index contributed by atoms with van der Waals surface area (Å²) in [6, 6.07) is 6.47. The number of nitrogens with zero attached hydrogens (tertiary/aromatic N) is 1. The van der Waals surface area contributed by atoms with Crippen LogP contribution >= 0.6 is 15.9 Å². The van der Waals surface area contributed by atoms with Crippen LogP contribution in [0.3, 0.4) is 0 Å². The van der Waals surface area contributed by atoms with Gasteiger partial charge in [0.2, 0.25) is 0 Å². The van der Waals surface area contributed by atoms with E-state index in [1.807, 2.05) is 0 Å². The Morgan fingerprint density at radius 1 is 1.31 bits per heavy atom. The van der Waals surface area contributed by atoms with Crippen LogP contribution in [0.15, 0.2) is 22.7 Å². The molecule has 1 rings (SSSR count). The molecular formula is C13H21BrN2. The van der Waals surface area contributed by atoms with Gasteiger partial charge in [-0.3, -0.25) is 0 Å². The van der Waals surface area contributed by atoms with Crippen molar-refractivity contribution in [2.24, 2.45) is 5.73 Å². The highest BCUT2D eigenvalue weighted by Gasteiger charge is 2.02. The maximum absolute atomic E-state index is 5.50. The second-order valence-corrected chi connectivity index (χ2v) is 5.18. The number of nitrogens with two attached hydrogens (primary N) is 1. The van der Waals surface area contributed by atoms with E-state index in [0.29, 0.717) is 0 Å². The zero-order valence-corrected chi connectivity index (χ0v) is 11.8. The van der Waals surface area contributed by atoms with E-state index in [1.165, 1.54) is 11.1 Å². The van der Waals surface area contributed by atoms with Crippen molar-refractivity contribution < 1.29 is 0 Å². The Bertz CT molecular complexity index is 326. The van der Waals surface area contributed by atoms with Crippen molar-refractivity contribution in [2.75, 3.05) is 26.7 Å². The summed E-state index contributed by atoms with van der Waals surface area (Å²) in [6.45, 7) is 5.13. The molecule has 90 valence electrons. The smallest absolute Gasteiger partial charge is 0.0178 e. The predicted octanol–water partition coefficient (Wildman–Crippen LogP) is 2.58. The van der Waals surface area contributed by atoms with Crippen molar-refractivity contribution in [1.82, 2.24) is 4.90 Å². The van der Waals surface area contributed by atoms with Crippen molar-refractivity contribution in [3.05, 3.63) is 33.8 Å². The lowest BCUT2D eigenvalue weighted by atomic mass is 10.1. The van der Waals surface area contributed by atoms with E-state index in [2.05, 4.69) is 53.0 Å². The van der Waals surface area contributed by atoms with Gasteiger partial charge in [-0.05, 0) is 63.2 Å². The van der Waals surface area contributed by atoms with Crippen molar-refractivity contribution in [3.8, 4) is 0 Å². The van der Waals surface area contributed by atoms with E-state index >= 15 is 0 Å². The molecule has 3 heteroatoms. The second-order valence-electron chi connectivity index (χ2n) is 4.27. The minimum absolute atomic E-state index is 0.778. The van der Waals surface area contributed by atoms with Crippen molar-refractivity contribution >= 4 is 15.9 Å². The third-order valence-corrected chi connectivity index (χ3v) is 3.31. The molecule has 0 unspecified atom stereocenters. The van der Waals surface area contributed by atoms with Crippen molar-refractivity contribution in [1.29, 1.82) is 0 Å². The first kappa shape index (κ1) is 13.7. The molecule has 0 fully saturated rings. The summed E-state index contributed by atoms with van der Waals surface area (Å²) < 4.78 is 1.16. The molecule has 0 amide bonds. The van der Waals surface area contributed by atoms with Crippen LogP contribution in [0.1, 0.15) is 17.5 Å². The fraction of sp³-hybridized carbons (Fsp3) is 0.538. The van der Waals surface area contributed by atoms with Gasteiger partial charge in [-0.2, -0.15) is 0 Å². The highest BCUT2D eigenvalue weighted by molar-refractivity contribution is 9.10. The third kappa shape index (κ3) is 4.64. The lowest BCUT2D eigenvalue weighted by molar-refractivity contribution is 0.335. The van der Waals surface area contributed by atoms with E-state index in [1.54, 1.807) is 0 Å². The first-order valence-electron chi connectivity index (χ1n) is 5.77. The molecule has 0 radical (unpaired) electrons. The van der Waals surface area contributed by atoms with Crippen molar-refractivity contribution in [2.45, 2.75) is 19.8 Å². The Morgan fingerprint density at radius 3 is 2.75 bits per heavy atom. The van der Waals surface area contributed by atoms with Crippen LogP contribution in [0, 0.1) is 6.92 Å². The van der Waals surface area contributed by atoms with Gasteiger partial charge in [0, 0.05) is 11.0 Å². The number of likely N-dealkylation sites (N-methyl/N-ethyl adjacent to an activating group) is 1. The molecule has 0 heterocycles. The number of aryl methyl sites for hydroxylation is 1. The van der Waals surface area contributed by atoms with E-state index in [4.69, 9.17) is 5.73 Å². The largest absolute Gasteiger partial charge is 0.330 e. The number of hydrogen-bond acceptors (Lipinski definition) is 2. The standard InChI is InChI=1S/C13H21BrN2/c1-11-4-5-13(14)10-12(11)6-9-16(2)8-3-7-15/h4-5,10H,3,6-9,15H2,1-2H3. The summed E-state index contributed by atoms with van der Waals surface area (Å²) in [4.78, 5) is 2.34. The summed E-state index contributed by atoms with van der Waals surface area (Å²) in [5.74, 6) is 0. The SMILES string of the molecule is Cc1ccc(Br)cc1CCN(C)CCCN. The monoisotopic (exact) mass is 284 g/mol. The third-order valence-electron chi connectivity index (χ3n) is 2.82. The minimum Gasteiger partial charge on any atom is -0.330 e. The minimum atomic E-state index is 0.778. The zero-order valence-electron chi connectivity index (χ0n) is 10.2. The first-order chi connectivity index (χ1) is 7.63. The normalized spacial score (nSPS) is 11.1.